The Hall–Kier alpha value is -2.70. The van der Waals surface area contributed by atoms with E-state index in [9.17, 15) is 0 Å². The number of rotatable bonds is 5. The van der Waals surface area contributed by atoms with Crippen LogP contribution in [0.3, 0.4) is 0 Å². The van der Waals surface area contributed by atoms with Crippen LogP contribution in [-0.4, -0.2) is 37.9 Å². The van der Waals surface area contributed by atoms with E-state index < -0.39 is 0 Å². The molecule has 2 heterocycles. The third kappa shape index (κ3) is 2.82. The molecule has 7 heteroatoms. The van der Waals surface area contributed by atoms with Crippen LogP contribution in [0.15, 0.2) is 42.5 Å². The van der Waals surface area contributed by atoms with E-state index in [4.69, 9.17) is 4.74 Å². The second kappa shape index (κ2) is 5.52. The Morgan fingerprint density at radius 1 is 1.20 bits per heavy atom. The Labute approximate surface area is 115 Å². The van der Waals surface area contributed by atoms with Crippen molar-refractivity contribution in [2.75, 3.05) is 11.9 Å². The standard InChI is InChI=1S/C13H14N6O/c1-10(20-11-5-3-2-4-6-11)9-14-12-7-8-13-15-17-18-19(13)16-12/h2-8,10H,9H2,1H3,(H,14,16). The summed E-state index contributed by atoms with van der Waals surface area (Å²) in [6, 6.07) is 13.4. The summed E-state index contributed by atoms with van der Waals surface area (Å²) in [5.41, 5.74) is 0.615. The molecule has 102 valence electrons. The lowest BCUT2D eigenvalue weighted by molar-refractivity contribution is 0.234. The minimum absolute atomic E-state index is 0.0174. The molecular weight excluding hydrogens is 256 g/mol. The van der Waals surface area contributed by atoms with Crippen LogP contribution in [0, 0.1) is 0 Å². The van der Waals surface area contributed by atoms with Gasteiger partial charge in [0.1, 0.15) is 17.7 Å². The Morgan fingerprint density at radius 2 is 2.05 bits per heavy atom. The van der Waals surface area contributed by atoms with Crippen molar-refractivity contribution in [3.8, 4) is 5.75 Å². The SMILES string of the molecule is CC(CNc1ccc2nnnn2n1)Oc1ccccc1. The number of tetrazole rings is 1. The van der Waals surface area contributed by atoms with Crippen LogP contribution >= 0.6 is 0 Å². The molecular formula is C13H14N6O. The molecule has 0 saturated carbocycles. The first-order chi connectivity index (χ1) is 9.81. The fourth-order valence-corrected chi connectivity index (χ4v) is 1.77. The third-order valence-electron chi connectivity index (χ3n) is 2.72. The molecule has 3 rings (SSSR count). The fourth-order valence-electron chi connectivity index (χ4n) is 1.77. The largest absolute Gasteiger partial charge is 0.489 e. The number of aromatic nitrogens is 5. The van der Waals surface area contributed by atoms with Crippen molar-refractivity contribution < 1.29 is 4.74 Å². The van der Waals surface area contributed by atoms with E-state index >= 15 is 0 Å². The maximum atomic E-state index is 5.77. The number of fused-ring (bicyclic) bond motifs is 1. The van der Waals surface area contributed by atoms with Crippen LogP contribution in [0.25, 0.3) is 5.65 Å². The predicted molar refractivity (Wildman–Crippen MR) is 73.6 cm³/mol. The van der Waals surface area contributed by atoms with Gasteiger partial charge in [-0.15, -0.1) is 14.8 Å². The zero-order valence-electron chi connectivity index (χ0n) is 11.0. The van der Waals surface area contributed by atoms with Gasteiger partial charge in [0, 0.05) is 0 Å². The first-order valence-electron chi connectivity index (χ1n) is 6.32. The van der Waals surface area contributed by atoms with Crippen molar-refractivity contribution in [3.63, 3.8) is 0 Å². The van der Waals surface area contributed by atoms with Gasteiger partial charge in [-0.3, -0.25) is 0 Å². The van der Waals surface area contributed by atoms with Crippen molar-refractivity contribution in [2.24, 2.45) is 0 Å². The quantitative estimate of drug-likeness (QED) is 0.755. The van der Waals surface area contributed by atoms with E-state index in [2.05, 4.69) is 25.9 Å². The van der Waals surface area contributed by atoms with Gasteiger partial charge >= 0.3 is 0 Å². The molecule has 0 amide bonds. The van der Waals surface area contributed by atoms with Crippen LogP contribution < -0.4 is 10.1 Å². The number of hydrogen-bond acceptors (Lipinski definition) is 6. The lowest BCUT2D eigenvalue weighted by atomic mass is 10.3. The van der Waals surface area contributed by atoms with Gasteiger partial charge in [-0.05, 0) is 41.6 Å². The highest BCUT2D eigenvalue weighted by Gasteiger charge is 2.05. The maximum Gasteiger partial charge on any atom is 0.200 e. The average Bonchev–Trinajstić information content (AvgIpc) is 2.93. The molecule has 1 aromatic carbocycles. The Kier molecular flexibility index (Phi) is 3.40. The van der Waals surface area contributed by atoms with Crippen molar-refractivity contribution in [1.82, 2.24) is 25.3 Å². The van der Waals surface area contributed by atoms with Crippen molar-refractivity contribution in [1.29, 1.82) is 0 Å². The minimum atomic E-state index is 0.0174. The van der Waals surface area contributed by atoms with Crippen molar-refractivity contribution >= 4 is 11.5 Å². The normalized spacial score (nSPS) is 12.2. The highest BCUT2D eigenvalue weighted by atomic mass is 16.5. The molecule has 20 heavy (non-hydrogen) atoms. The van der Waals surface area contributed by atoms with E-state index in [0.29, 0.717) is 18.0 Å². The number of nitrogens with zero attached hydrogens (tertiary/aromatic N) is 5. The maximum absolute atomic E-state index is 5.77. The number of hydrogen-bond donors (Lipinski definition) is 1. The summed E-state index contributed by atoms with van der Waals surface area (Å²) in [6.07, 6.45) is 0.0174. The Morgan fingerprint density at radius 3 is 2.90 bits per heavy atom. The summed E-state index contributed by atoms with van der Waals surface area (Å²) in [5.74, 6) is 1.55. The van der Waals surface area contributed by atoms with Crippen LogP contribution in [-0.2, 0) is 0 Å². The van der Waals surface area contributed by atoms with Gasteiger partial charge in [0.25, 0.3) is 0 Å². The molecule has 0 aliphatic carbocycles. The molecule has 2 aromatic heterocycles. The van der Waals surface area contributed by atoms with Crippen LogP contribution in [0.1, 0.15) is 6.92 Å². The van der Waals surface area contributed by atoms with Crippen LogP contribution in [0.5, 0.6) is 5.75 Å². The van der Waals surface area contributed by atoms with Crippen LogP contribution in [0.2, 0.25) is 0 Å². The molecule has 7 nitrogen and oxygen atoms in total. The minimum Gasteiger partial charge on any atom is -0.489 e. The Bertz CT molecular complexity index is 683. The zero-order valence-corrected chi connectivity index (χ0v) is 11.0. The Balaban J connectivity index is 1.58. The topological polar surface area (TPSA) is 77.2 Å². The summed E-state index contributed by atoms with van der Waals surface area (Å²) in [4.78, 5) is 0. The molecule has 0 aliphatic rings. The monoisotopic (exact) mass is 270 g/mol. The fraction of sp³-hybridized carbons (Fsp3) is 0.231. The number of nitrogens with one attached hydrogen (secondary N) is 1. The van der Waals surface area contributed by atoms with Crippen molar-refractivity contribution in [3.05, 3.63) is 42.5 Å². The van der Waals surface area contributed by atoms with Crippen molar-refractivity contribution in [2.45, 2.75) is 13.0 Å². The zero-order chi connectivity index (χ0) is 13.8. The number of anilines is 1. The van der Waals surface area contributed by atoms with E-state index in [1.165, 1.54) is 4.63 Å². The molecule has 0 fully saturated rings. The number of para-hydroxylation sites is 1. The van der Waals surface area contributed by atoms with E-state index in [1.807, 2.05) is 43.3 Å². The second-order valence-corrected chi connectivity index (χ2v) is 4.37. The van der Waals surface area contributed by atoms with Gasteiger partial charge in [0.2, 0.25) is 0 Å². The summed E-state index contributed by atoms with van der Waals surface area (Å²) in [5, 5.41) is 18.5. The van der Waals surface area contributed by atoms with Gasteiger partial charge in [-0.2, -0.15) is 0 Å². The molecule has 0 spiro atoms. The van der Waals surface area contributed by atoms with Gasteiger partial charge in [0.05, 0.1) is 6.54 Å². The van der Waals surface area contributed by atoms with Gasteiger partial charge in [-0.1, -0.05) is 18.2 Å². The summed E-state index contributed by atoms with van der Waals surface area (Å²) in [6.45, 7) is 2.63. The summed E-state index contributed by atoms with van der Waals surface area (Å²) >= 11 is 0. The highest BCUT2D eigenvalue weighted by molar-refractivity contribution is 5.42. The molecule has 0 saturated heterocycles. The molecule has 1 N–H and O–H groups in total. The average molecular weight is 270 g/mol. The lowest BCUT2D eigenvalue weighted by Crippen LogP contribution is -2.23. The van der Waals surface area contributed by atoms with Gasteiger partial charge in [0.15, 0.2) is 5.65 Å². The third-order valence-corrected chi connectivity index (χ3v) is 2.72. The van der Waals surface area contributed by atoms with Crippen LogP contribution in [0.4, 0.5) is 5.82 Å². The van der Waals surface area contributed by atoms with E-state index in [-0.39, 0.29) is 6.10 Å². The summed E-state index contributed by atoms with van der Waals surface area (Å²) < 4.78 is 7.15. The first kappa shape index (κ1) is 12.3. The van der Waals surface area contributed by atoms with E-state index in [1.54, 1.807) is 6.07 Å². The molecule has 0 aliphatic heterocycles. The van der Waals surface area contributed by atoms with Gasteiger partial charge in [-0.25, -0.2) is 0 Å². The first-order valence-corrected chi connectivity index (χ1v) is 6.32. The van der Waals surface area contributed by atoms with E-state index in [0.717, 1.165) is 5.75 Å². The predicted octanol–water partition coefficient (Wildman–Crippen LogP) is 1.40. The smallest absolute Gasteiger partial charge is 0.200 e. The molecule has 1 atom stereocenters. The molecule has 3 aromatic rings. The molecule has 1 unspecified atom stereocenters. The number of benzene rings is 1. The number of ether oxygens (including phenoxy) is 1. The molecule has 0 bridgehead atoms. The second-order valence-electron chi connectivity index (χ2n) is 4.37. The van der Waals surface area contributed by atoms with Gasteiger partial charge < -0.3 is 10.1 Å². The summed E-state index contributed by atoms with van der Waals surface area (Å²) in [7, 11) is 0. The highest BCUT2D eigenvalue weighted by Crippen LogP contribution is 2.11. The molecule has 0 radical (unpaired) electrons. The lowest BCUT2D eigenvalue weighted by Gasteiger charge is -2.15.